The monoisotopic (exact) mass is 395 g/mol. The molecule has 0 bridgehead atoms. The van der Waals surface area contributed by atoms with E-state index in [0.29, 0.717) is 34.1 Å². The third kappa shape index (κ3) is 3.62. The summed E-state index contributed by atoms with van der Waals surface area (Å²) in [4.78, 5) is 32.7. The van der Waals surface area contributed by atoms with Gasteiger partial charge in [0, 0.05) is 31.8 Å². The van der Waals surface area contributed by atoms with Crippen LogP contribution in [0, 0.1) is 0 Å². The average Bonchev–Trinajstić information content (AvgIpc) is 3.10. The highest BCUT2D eigenvalue weighted by atomic mass is 16.7. The standard InChI is InChI=1S/C20H17N3O6/c1-20(2)28-18(24)12(19(25)29-20)10-22-13-9-11(6-7-14(13)26-3)17-23-16-15(27-17)5-4-8-21-16/h4-10,22H,1-3H3. The van der Waals surface area contributed by atoms with Crippen LogP contribution in [-0.2, 0) is 19.1 Å². The summed E-state index contributed by atoms with van der Waals surface area (Å²) in [6, 6.07) is 8.72. The fourth-order valence-electron chi connectivity index (χ4n) is 2.77. The molecule has 0 amide bonds. The molecule has 148 valence electrons. The highest BCUT2D eigenvalue weighted by Gasteiger charge is 2.39. The molecule has 3 heterocycles. The van der Waals surface area contributed by atoms with Crippen LogP contribution in [0.2, 0.25) is 0 Å². The van der Waals surface area contributed by atoms with Gasteiger partial charge in [0.05, 0.1) is 12.8 Å². The van der Waals surface area contributed by atoms with E-state index in [2.05, 4.69) is 15.3 Å². The first-order valence-electron chi connectivity index (χ1n) is 8.70. The Labute approximate surface area is 165 Å². The van der Waals surface area contributed by atoms with Crippen molar-refractivity contribution >= 4 is 28.9 Å². The normalized spacial score (nSPS) is 15.6. The molecule has 1 saturated heterocycles. The quantitative estimate of drug-likeness (QED) is 0.404. The number of nitrogens with one attached hydrogen (secondary N) is 1. The molecule has 0 saturated carbocycles. The van der Waals surface area contributed by atoms with Gasteiger partial charge in [0.15, 0.2) is 16.8 Å². The maximum atomic E-state index is 12.1. The molecule has 1 fully saturated rings. The second-order valence-electron chi connectivity index (χ2n) is 6.64. The number of aromatic nitrogens is 2. The smallest absolute Gasteiger partial charge is 0.350 e. The molecule has 0 unspecified atom stereocenters. The number of methoxy groups -OCH3 is 1. The van der Waals surface area contributed by atoms with E-state index in [0.717, 1.165) is 0 Å². The summed E-state index contributed by atoms with van der Waals surface area (Å²) in [5, 5.41) is 2.89. The number of hydrogen-bond donors (Lipinski definition) is 1. The molecular weight excluding hydrogens is 378 g/mol. The fraction of sp³-hybridized carbons (Fsp3) is 0.200. The molecule has 29 heavy (non-hydrogen) atoms. The van der Waals surface area contributed by atoms with Gasteiger partial charge in [0.1, 0.15) is 5.75 Å². The SMILES string of the molecule is COc1ccc(-c2nc3ncccc3o2)cc1NC=C1C(=O)OC(C)(C)OC1=O. The van der Waals surface area contributed by atoms with E-state index >= 15 is 0 Å². The van der Waals surface area contributed by atoms with Crippen molar-refractivity contribution in [3.63, 3.8) is 0 Å². The Balaban J connectivity index is 1.66. The van der Waals surface area contributed by atoms with Crippen LogP contribution in [-0.4, -0.2) is 34.8 Å². The summed E-state index contributed by atoms with van der Waals surface area (Å²) in [6.45, 7) is 2.96. The summed E-state index contributed by atoms with van der Waals surface area (Å²) >= 11 is 0. The lowest BCUT2D eigenvalue weighted by Gasteiger charge is -2.29. The Morgan fingerprint density at radius 3 is 2.59 bits per heavy atom. The van der Waals surface area contributed by atoms with Crippen LogP contribution >= 0.6 is 0 Å². The highest BCUT2D eigenvalue weighted by molar-refractivity contribution is 6.15. The molecule has 2 aromatic heterocycles. The molecule has 1 aromatic carbocycles. The van der Waals surface area contributed by atoms with E-state index in [1.165, 1.54) is 27.2 Å². The molecule has 1 aliphatic rings. The largest absolute Gasteiger partial charge is 0.495 e. The minimum absolute atomic E-state index is 0.261. The Morgan fingerprint density at radius 2 is 1.90 bits per heavy atom. The first-order valence-corrected chi connectivity index (χ1v) is 8.70. The molecule has 3 aromatic rings. The van der Waals surface area contributed by atoms with Crippen LogP contribution in [0.4, 0.5) is 5.69 Å². The predicted molar refractivity (Wildman–Crippen MR) is 102 cm³/mol. The van der Waals surface area contributed by atoms with Crippen LogP contribution in [0.3, 0.4) is 0 Å². The Bertz CT molecular complexity index is 1090. The lowest BCUT2D eigenvalue weighted by atomic mass is 10.1. The molecule has 0 radical (unpaired) electrons. The summed E-state index contributed by atoms with van der Waals surface area (Å²) < 4.78 is 21.2. The maximum absolute atomic E-state index is 12.1. The highest BCUT2D eigenvalue weighted by Crippen LogP contribution is 2.32. The minimum Gasteiger partial charge on any atom is -0.495 e. The van der Waals surface area contributed by atoms with Crippen LogP contribution in [0.25, 0.3) is 22.7 Å². The predicted octanol–water partition coefficient (Wildman–Crippen LogP) is 3.03. The number of carbonyl (C=O) groups is 2. The van der Waals surface area contributed by atoms with Crippen LogP contribution in [0.15, 0.2) is 52.7 Å². The van der Waals surface area contributed by atoms with E-state index in [-0.39, 0.29) is 5.57 Å². The zero-order chi connectivity index (χ0) is 20.6. The number of esters is 2. The zero-order valence-corrected chi connectivity index (χ0v) is 15.9. The van der Waals surface area contributed by atoms with Gasteiger partial charge in [-0.25, -0.2) is 14.6 Å². The van der Waals surface area contributed by atoms with Crippen molar-refractivity contribution in [1.29, 1.82) is 0 Å². The van der Waals surface area contributed by atoms with E-state index < -0.39 is 17.7 Å². The number of ether oxygens (including phenoxy) is 3. The summed E-state index contributed by atoms with van der Waals surface area (Å²) in [6.07, 6.45) is 2.85. The second kappa shape index (κ2) is 6.93. The number of nitrogens with zero attached hydrogens (tertiary/aromatic N) is 2. The van der Waals surface area contributed by atoms with Gasteiger partial charge in [-0.3, -0.25) is 0 Å². The molecule has 1 aliphatic heterocycles. The summed E-state index contributed by atoms with van der Waals surface area (Å²) in [5.41, 5.74) is 1.93. The van der Waals surface area contributed by atoms with Gasteiger partial charge < -0.3 is 23.9 Å². The van der Waals surface area contributed by atoms with Crippen molar-refractivity contribution in [3.8, 4) is 17.2 Å². The number of rotatable bonds is 4. The minimum atomic E-state index is -1.30. The van der Waals surface area contributed by atoms with Crippen molar-refractivity contribution in [2.24, 2.45) is 0 Å². The third-order valence-corrected chi connectivity index (χ3v) is 4.10. The number of fused-ring (bicyclic) bond motifs is 1. The fourth-order valence-corrected chi connectivity index (χ4v) is 2.77. The van der Waals surface area contributed by atoms with Crippen LogP contribution < -0.4 is 10.1 Å². The van der Waals surface area contributed by atoms with E-state index in [4.69, 9.17) is 18.6 Å². The van der Waals surface area contributed by atoms with Crippen LogP contribution in [0.5, 0.6) is 5.75 Å². The van der Waals surface area contributed by atoms with E-state index in [1.54, 1.807) is 36.5 Å². The van der Waals surface area contributed by atoms with Gasteiger partial charge in [-0.15, -0.1) is 0 Å². The molecule has 0 atom stereocenters. The van der Waals surface area contributed by atoms with Gasteiger partial charge in [0.2, 0.25) is 5.89 Å². The Morgan fingerprint density at radius 1 is 1.14 bits per heavy atom. The van der Waals surface area contributed by atoms with Gasteiger partial charge in [-0.1, -0.05) is 0 Å². The van der Waals surface area contributed by atoms with Gasteiger partial charge in [0.25, 0.3) is 5.79 Å². The number of anilines is 1. The number of hydrogen-bond acceptors (Lipinski definition) is 9. The number of pyridine rings is 1. The number of carbonyl (C=O) groups excluding carboxylic acids is 2. The maximum Gasteiger partial charge on any atom is 0.350 e. The molecule has 1 N–H and O–H groups in total. The molecule has 9 heteroatoms. The Hall–Kier alpha value is -3.88. The molecule has 0 spiro atoms. The summed E-state index contributed by atoms with van der Waals surface area (Å²) in [7, 11) is 1.50. The second-order valence-corrected chi connectivity index (χ2v) is 6.64. The van der Waals surface area contributed by atoms with E-state index in [1.807, 2.05) is 0 Å². The lowest BCUT2D eigenvalue weighted by Crippen LogP contribution is -2.42. The molecule has 4 rings (SSSR count). The van der Waals surface area contributed by atoms with Gasteiger partial charge >= 0.3 is 11.9 Å². The molecule has 9 nitrogen and oxygen atoms in total. The van der Waals surface area contributed by atoms with Gasteiger partial charge in [-0.2, -0.15) is 4.98 Å². The molecule has 0 aliphatic carbocycles. The average molecular weight is 395 g/mol. The van der Waals surface area contributed by atoms with Crippen LogP contribution in [0.1, 0.15) is 13.8 Å². The van der Waals surface area contributed by atoms with Crippen molar-refractivity contribution in [2.45, 2.75) is 19.6 Å². The number of cyclic esters (lactones) is 2. The lowest BCUT2D eigenvalue weighted by molar-refractivity contribution is -0.222. The van der Waals surface area contributed by atoms with Crippen molar-refractivity contribution in [1.82, 2.24) is 9.97 Å². The van der Waals surface area contributed by atoms with Crippen molar-refractivity contribution < 1.29 is 28.2 Å². The van der Waals surface area contributed by atoms with E-state index in [9.17, 15) is 9.59 Å². The summed E-state index contributed by atoms with van der Waals surface area (Å²) in [5.74, 6) is -2.00. The van der Waals surface area contributed by atoms with Crippen molar-refractivity contribution in [2.75, 3.05) is 12.4 Å². The topological polar surface area (TPSA) is 113 Å². The first kappa shape index (κ1) is 18.5. The van der Waals surface area contributed by atoms with Gasteiger partial charge in [-0.05, 0) is 30.3 Å². The number of benzene rings is 1. The van der Waals surface area contributed by atoms with Crippen molar-refractivity contribution in [3.05, 3.63) is 48.3 Å². The number of oxazole rings is 1. The Kier molecular flexibility index (Phi) is 4.42. The molecular formula is C20H17N3O6. The zero-order valence-electron chi connectivity index (χ0n) is 15.9. The third-order valence-electron chi connectivity index (χ3n) is 4.10. The first-order chi connectivity index (χ1) is 13.9.